The molecule has 41 valence electrons. The lowest BCUT2D eigenvalue weighted by molar-refractivity contribution is 0.946. The molecule has 7 heavy (non-hydrogen) atoms. The van der Waals surface area contributed by atoms with Crippen LogP contribution in [0.4, 0.5) is 0 Å². The van der Waals surface area contributed by atoms with E-state index in [9.17, 15) is 0 Å². The fourth-order valence-electron chi connectivity index (χ4n) is 0.391. The maximum Gasteiger partial charge on any atom is -0.0308 e. The third-order valence-corrected chi connectivity index (χ3v) is 0.781. The average molecular weight is 97.2 g/mol. The number of rotatable bonds is 3. The molecule has 0 heteroatoms. The van der Waals surface area contributed by atoms with E-state index in [1.807, 2.05) is 0 Å². The normalized spacial score (nSPS) is 10.6. The first kappa shape index (κ1) is 6.74. The van der Waals surface area contributed by atoms with Gasteiger partial charge in [0, 0.05) is 0 Å². The molecule has 0 nitrogen and oxygen atoms in total. The van der Waals surface area contributed by atoms with E-state index < -0.39 is 0 Å². The SMILES string of the molecule is CC[C]=CCCC. The Balaban J connectivity index is 2.78. The Labute approximate surface area is 46.2 Å². The summed E-state index contributed by atoms with van der Waals surface area (Å²) < 4.78 is 0. The predicted molar refractivity (Wildman–Crippen MR) is 33.0 cm³/mol. The zero-order chi connectivity index (χ0) is 5.54. The molecular weight excluding hydrogens is 84.1 g/mol. The van der Waals surface area contributed by atoms with Crippen LogP contribution in [-0.4, -0.2) is 0 Å². The van der Waals surface area contributed by atoms with Gasteiger partial charge in [-0.25, -0.2) is 0 Å². The van der Waals surface area contributed by atoms with Gasteiger partial charge in [0.15, 0.2) is 0 Å². The maximum absolute atomic E-state index is 3.12. The van der Waals surface area contributed by atoms with Crippen LogP contribution in [0.3, 0.4) is 0 Å². The highest BCUT2D eigenvalue weighted by atomic mass is 13.7. The van der Waals surface area contributed by atoms with E-state index in [1.54, 1.807) is 0 Å². The van der Waals surface area contributed by atoms with Crippen LogP contribution >= 0.6 is 0 Å². The topological polar surface area (TPSA) is 0 Å². The fraction of sp³-hybridized carbons (Fsp3) is 0.714. The molecule has 1 radical (unpaired) electrons. The van der Waals surface area contributed by atoms with Crippen molar-refractivity contribution in [3.8, 4) is 0 Å². The van der Waals surface area contributed by atoms with E-state index in [1.165, 1.54) is 12.8 Å². The van der Waals surface area contributed by atoms with Gasteiger partial charge in [0.2, 0.25) is 0 Å². The second kappa shape index (κ2) is 5.74. The molecule has 0 aliphatic rings. The highest BCUT2D eigenvalue weighted by Crippen LogP contribution is 1.87. The van der Waals surface area contributed by atoms with E-state index in [2.05, 4.69) is 26.0 Å². The lowest BCUT2D eigenvalue weighted by Gasteiger charge is -1.78. The Hall–Kier alpha value is -0.260. The fourth-order valence-corrected chi connectivity index (χ4v) is 0.391. The summed E-state index contributed by atoms with van der Waals surface area (Å²) in [5.41, 5.74) is 0. The molecule has 0 aromatic heterocycles. The van der Waals surface area contributed by atoms with Gasteiger partial charge in [-0.05, 0) is 18.9 Å². The van der Waals surface area contributed by atoms with Crippen LogP contribution in [0, 0.1) is 6.08 Å². The van der Waals surface area contributed by atoms with E-state index in [0.29, 0.717) is 0 Å². The molecule has 0 rings (SSSR count). The summed E-state index contributed by atoms with van der Waals surface area (Å²) in [5, 5.41) is 0. The Bertz CT molecular complexity index is 44.0. The van der Waals surface area contributed by atoms with Crippen molar-refractivity contribution >= 4 is 0 Å². The van der Waals surface area contributed by atoms with E-state index in [0.717, 1.165) is 6.42 Å². The third-order valence-electron chi connectivity index (χ3n) is 0.781. The third kappa shape index (κ3) is 5.74. The molecule has 0 aliphatic carbocycles. The summed E-state index contributed by atoms with van der Waals surface area (Å²) in [7, 11) is 0. The van der Waals surface area contributed by atoms with E-state index in [4.69, 9.17) is 0 Å². The lowest BCUT2D eigenvalue weighted by atomic mass is 10.3. The summed E-state index contributed by atoms with van der Waals surface area (Å²) in [4.78, 5) is 0. The minimum atomic E-state index is 1.06. The van der Waals surface area contributed by atoms with E-state index >= 15 is 0 Å². The first-order chi connectivity index (χ1) is 3.41. The van der Waals surface area contributed by atoms with Crippen molar-refractivity contribution in [2.24, 2.45) is 0 Å². The van der Waals surface area contributed by atoms with Gasteiger partial charge in [-0.1, -0.05) is 26.3 Å². The number of hydrogen-bond donors (Lipinski definition) is 0. The largest absolute Gasteiger partial charge is 0.0811 e. The molecule has 0 fully saturated rings. The van der Waals surface area contributed by atoms with Gasteiger partial charge >= 0.3 is 0 Å². The highest BCUT2D eigenvalue weighted by molar-refractivity contribution is 4.70. The van der Waals surface area contributed by atoms with Gasteiger partial charge in [-0.2, -0.15) is 0 Å². The summed E-state index contributed by atoms with van der Waals surface area (Å²) in [6.45, 7) is 4.28. The van der Waals surface area contributed by atoms with E-state index in [-0.39, 0.29) is 0 Å². The average Bonchev–Trinajstić information content (AvgIpc) is 1.69. The van der Waals surface area contributed by atoms with Crippen molar-refractivity contribution in [3.63, 3.8) is 0 Å². The molecule has 0 spiro atoms. The van der Waals surface area contributed by atoms with Gasteiger partial charge < -0.3 is 0 Å². The first-order valence-corrected chi connectivity index (χ1v) is 2.96. The van der Waals surface area contributed by atoms with Crippen molar-refractivity contribution in [3.05, 3.63) is 12.2 Å². The van der Waals surface area contributed by atoms with Crippen molar-refractivity contribution in [1.29, 1.82) is 0 Å². The van der Waals surface area contributed by atoms with Crippen LogP contribution in [0.1, 0.15) is 33.1 Å². The van der Waals surface area contributed by atoms with Crippen molar-refractivity contribution in [1.82, 2.24) is 0 Å². The van der Waals surface area contributed by atoms with Crippen LogP contribution < -0.4 is 0 Å². The van der Waals surface area contributed by atoms with Gasteiger partial charge in [0.05, 0.1) is 0 Å². The number of unbranched alkanes of at least 4 members (excludes halogenated alkanes) is 1. The molecule has 0 aromatic carbocycles. The molecule has 0 aliphatic heterocycles. The van der Waals surface area contributed by atoms with Crippen LogP contribution in [0.15, 0.2) is 6.08 Å². The van der Waals surface area contributed by atoms with Crippen molar-refractivity contribution in [2.45, 2.75) is 33.1 Å². The summed E-state index contributed by atoms with van der Waals surface area (Å²) in [6, 6.07) is 0. The number of hydrogen-bond acceptors (Lipinski definition) is 0. The van der Waals surface area contributed by atoms with Gasteiger partial charge in [-0.15, -0.1) is 0 Å². The first-order valence-electron chi connectivity index (χ1n) is 2.96. The molecule has 0 heterocycles. The zero-order valence-corrected chi connectivity index (χ0v) is 5.20. The Morgan fingerprint density at radius 1 is 1.43 bits per heavy atom. The maximum atomic E-state index is 3.12. The van der Waals surface area contributed by atoms with Crippen LogP contribution in [0.5, 0.6) is 0 Å². The van der Waals surface area contributed by atoms with Gasteiger partial charge in [0.1, 0.15) is 0 Å². The monoisotopic (exact) mass is 97.1 g/mol. The zero-order valence-electron chi connectivity index (χ0n) is 5.20. The molecule has 0 saturated heterocycles. The Morgan fingerprint density at radius 2 is 2.14 bits per heavy atom. The predicted octanol–water partition coefficient (Wildman–Crippen LogP) is 2.56. The quantitative estimate of drug-likeness (QED) is 0.507. The molecular formula is C7H13. The summed E-state index contributed by atoms with van der Waals surface area (Å²) in [6.07, 6.45) is 8.72. The van der Waals surface area contributed by atoms with Crippen LogP contribution in [0.2, 0.25) is 0 Å². The molecule has 0 saturated carbocycles. The second-order valence-electron chi connectivity index (χ2n) is 1.55. The summed E-state index contributed by atoms with van der Waals surface area (Å²) >= 11 is 0. The number of allylic oxidation sites excluding steroid dienone is 2. The summed E-state index contributed by atoms with van der Waals surface area (Å²) in [5.74, 6) is 0. The molecule has 0 bridgehead atoms. The standard InChI is InChI=1S/C7H13/c1-3-5-7-6-4-2/h7H,3-5H2,1-2H3. The Morgan fingerprint density at radius 3 is 2.57 bits per heavy atom. The lowest BCUT2D eigenvalue weighted by Crippen LogP contribution is -1.59. The Kier molecular flexibility index (Phi) is 5.53. The van der Waals surface area contributed by atoms with Crippen LogP contribution in [-0.2, 0) is 0 Å². The molecule has 0 N–H and O–H groups in total. The van der Waals surface area contributed by atoms with Crippen molar-refractivity contribution in [2.75, 3.05) is 0 Å². The van der Waals surface area contributed by atoms with Gasteiger partial charge in [0.25, 0.3) is 0 Å². The van der Waals surface area contributed by atoms with Crippen LogP contribution in [0.25, 0.3) is 0 Å². The smallest absolute Gasteiger partial charge is 0.0308 e. The molecule has 0 aromatic rings. The molecule has 0 unspecified atom stereocenters. The molecule has 0 atom stereocenters. The minimum Gasteiger partial charge on any atom is -0.0811 e. The highest BCUT2D eigenvalue weighted by Gasteiger charge is 1.68. The van der Waals surface area contributed by atoms with Crippen molar-refractivity contribution < 1.29 is 0 Å². The molecule has 0 amide bonds. The second-order valence-corrected chi connectivity index (χ2v) is 1.55. The van der Waals surface area contributed by atoms with Gasteiger partial charge in [-0.3, -0.25) is 0 Å². The minimum absolute atomic E-state index is 1.06.